The average Bonchev–Trinajstić information content (AvgIpc) is 2.85. The zero-order valence-corrected chi connectivity index (χ0v) is 22.7. The zero-order valence-electron chi connectivity index (χ0n) is 19.6. The van der Waals surface area contributed by atoms with Gasteiger partial charge in [0.05, 0.1) is 34.3 Å². The molecule has 0 radical (unpaired) electrons. The van der Waals surface area contributed by atoms with Crippen LogP contribution in [0.2, 0.25) is 10.0 Å². The van der Waals surface area contributed by atoms with E-state index in [4.69, 9.17) is 32.7 Å². The van der Waals surface area contributed by atoms with Crippen molar-refractivity contribution in [2.75, 3.05) is 7.11 Å². The number of nitrogens with zero attached hydrogens (tertiary/aromatic N) is 1. The van der Waals surface area contributed by atoms with E-state index in [-0.39, 0.29) is 12.3 Å². The van der Waals surface area contributed by atoms with E-state index in [1.54, 1.807) is 68.6 Å². The molecule has 0 fully saturated rings. The van der Waals surface area contributed by atoms with Crippen molar-refractivity contribution >= 4 is 57.2 Å². The van der Waals surface area contributed by atoms with Crippen LogP contribution >= 0.6 is 39.1 Å². The largest absolute Gasteiger partial charge is 0.497 e. The second kappa shape index (κ2) is 13.3. The van der Waals surface area contributed by atoms with Gasteiger partial charge in [-0.2, -0.15) is 5.10 Å². The molecule has 3 rings (SSSR count). The summed E-state index contributed by atoms with van der Waals surface area (Å²) in [5.41, 5.74) is 4.87. The third kappa shape index (κ3) is 8.26. The van der Waals surface area contributed by atoms with Crippen LogP contribution in [0.5, 0.6) is 11.5 Å². The summed E-state index contributed by atoms with van der Waals surface area (Å²) in [7, 11) is 1.58. The maximum Gasteiger partial charge on any atom is 0.262 e. The van der Waals surface area contributed by atoms with Gasteiger partial charge in [0.25, 0.3) is 5.91 Å². The summed E-state index contributed by atoms with van der Waals surface area (Å²) in [4.78, 5) is 24.5. The first-order chi connectivity index (χ1) is 17.2. The Morgan fingerprint density at radius 2 is 1.75 bits per heavy atom. The first-order valence-electron chi connectivity index (χ1n) is 10.9. The van der Waals surface area contributed by atoms with Crippen LogP contribution in [0.4, 0.5) is 0 Å². The standard InChI is InChI=1S/C26H24BrCl2N3O4/c1-16(31-25(33)13-17-3-7-20(35-2)8-4-17)26(34)32-30-14-18-6-10-24(21(27)11-18)36-15-19-5-9-22(28)23(29)12-19/h3-12,14,16H,13,15H2,1-2H3,(H,31,33)(H,32,34). The summed E-state index contributed by atoms with van der Waals surface area (Å²) in [5, 5.41) is 7.59. The molecule has 188 valence electrons. The zero-order chi connectivity index (χ0) is 26.1. The lowest BCUT2D eigenvalue weighted by Gasteiger charge is -2.12. The molecule has 7 nitrogen and oxygen atoms in total. The van der Waals surface area contributed by atoms with Crippen molar-refractivity contribution in [2.45, 2.75) is 26.0 Å². The number of methoxy groups -OCH3 is 1. The summed E-state index contributed by atoms with van der Waals surface area (Å²) in [6, 6.07) is 17.1. The monoisotopic (exact) mass is 591 g/mol. The van der Waals surface area contributed by atoms with E-state index >= 15 is 0 Å². The maximum absolute atomic E-state index is 12.3. The normalized spacial score (nSPS) is 11.7. The van der Waals surface area contributed by atoms with Gasteiger partial charge in [0, 0.05) is 0 Å². The molecule has 0 aromatic heterocycles. The average molecular weight is 593 g/mol. The van der Waals surface area contributed by atoms with Crippen LogP contribution < -0.4 is 20.2 Å². The molecule has 10 heteroatoms. The molecule has 0 aliphatic heterocycles. The van der Waals surface area contributed by atoms with Crippen LogP contribution in [0.15, 0.2) is 70.2 Å². The first-order valence-corrected chi connectivity index (χ1v) is 12.4. The fourth-order valence-electron chi connectivity index (χ4n) is 3.06. The van der Waals surface area contributed by atoms with Gasteiger partial charge in [0.1, 0.15) is 24.1 Å². The van der Waals surface area contributed by atoms with Crippen molar-refractivity contribution < 1.29 is 19.1 Å². The lowest BCUT2D eigenvalue weighted by atomic mass is 10.1. The number of nitrogens with one attached hydrogen (secondary N) is 2. The highest BCUT2D eigenvalue weighted by Crippen LogP contribution is 2.28. The second-order valence-corrected chi connectivity index (χ2v) is 9.44. The number of hydrazone groups is 1. The van der Waals surface area contributed by atoms with Gasteiger partial charge in [-0.1, -0.05) is 41.4 Å². The molecule has 0 saturated heterocycles. The van der Waals surface area contributed by atoms with E-state index < -0.39 is 11.9 Å². The number of ether oxygens (including phenoxy) is 2. The van der Waals surface area contributed by atoms with Crippen LogP contribution in [-0.2, 0) is 22.6 Å². The Hall–Kier alpha value is -3.07. The summed E-state index contributed by atoms with van der Waals surface area (Å²) in [6.45, 7) is 1.91. The number of hydrogen-bond acceptors (Lipinski definition) is 5. The fourth-order valence-corrected chi connectivity index (χ4v) is 3.89. The SMILES string of the molecule is COc1ccc(CC(=O)NC(C)C(=O)NN=Cc2ccc(OCc3ccc(Cl)c(Cl)c3)c(Br)c2)cc1. The first kappa shape index (κ1) is 27.5. The van der Waals surface area contributed by atoms with Crippen molar-refractivity contribution in [2.24, 2.45) is 5.10 Å². The van der Waals surface area contributed by atoms with Crippen LogP contribution in [-0.4, -0.2) is 31.2 Å². The molecule has 0 aliphatic carbocycles. The molecule has 0 saturated carbocycles. The Morgan fingerprint density at radius 1 is 1.03 bits per heavy atom. The van der Waals surface area contributed by atoms with Gasteiger partial charge >= 0.3 is 0 Å². The highest BCUT2D eigenvalue weighted by molar-refractivity contribution is 9.10. The van der Waals surface area contributed by atoms with E-state index in [9.17, 15) is 9.59 Å². The molecule has 2 amide bonds. The Morgan fingerprint density at radius 3 is 2.42 bits per heavy atom. The van der Waals surface area contributed by atoms with Gasteiger partial charge < -0.3 is 14.8 Å². The molecule has 1 unspecified atom stereocenters. The minimum absolute atomic E-state index is 0.151. The molecule has 0 heterocycles. The molecule has 0 aliphatic rings. The smallest absolute Gasteiger partial charge is 0.262 e. The molecule has 1 atom stereocenters. The van der Waals surface area contributed by atoms with E-state index in [0.717, 1.165) is 21.2 Å². The third-order valence-electron chi connectivity index (χ3n) is 5.02. The summed E-state index contributed by atoms with van der Waals surface area (Å²) in [5.74, 6) is 0.639. The number of rotatable bonds is 10. The van der Waals surface area contributed by atoms with E-state index in [1.807, 2.05) is 6.07 Å². The summed E-state index contributed by atoms with van der Waals surface area (Å²) < 4.78 is 11.7. The minimum atomic E-state index is -0.753. The van der Waals surface area contributed by atoms with Crippen LogP contribution in [0, 0.1) is 0 Å². The number of halogens is 3. The van der Waals surface area contributed by atoms with Crippen LogP contribution in [0.25, 0.3) is 0 Å². The molecule has 0 bridgehead atoms. The summed E-state index contributed by atoms with van der Waals surface area (Å²) >= 11 is 15.5. The molecular formula is C26H24BrCl2N3O4. The highest BCUT2D eigenvalue weighted by atomic mass is 79.9. The van der Waals surface area contributed by atoms with Crippen LogP contribution in [0.3, 0.4) is 0 Å². The number of hydrogen-bond donors (Lipinski definition) is 2. The Kier molecular flexibility index (Phi) is 10.2. The topological polar surface area (TPSA) is 89.0 Å². The van der Waals surface area contributed by atoms with Gasteiger partial charge in [0.15, 0.2) is 0 Å². The minimum Gasteiger partial charge on any atom is -0.497 e. The van der Waals surface area contributed by atoms with Crippen LogP contribution in [0.1, 0.15) is 23.6 Å². The number of amides is 2. The number of carbonyl (C=O) groups is 2. The molecule has 2 N–H and O–H groups in total. The van der Waals surface area contributed by atoms with E-state index in [0.29, 0.717) is 28.2 Å². The Balaban J connectivity index is 1.46. The number of carbonyl (C=O) groups excluding carboxylic acids is 2. The lowest BCUT2D eigenvalue weighted by molar-refractivity contribution is -0.128. The van der Waals surface area contributed by atoms with Gasteiger partial charge in [-0.15, -0.1) is 0 Å². The van der Waals surface area contributed by atoms with Gasteiger partial charge in [-0.3, -0.25) is 9.59 Å². The predicted molar refractivity (Wildman–Crippen MR) is 145 cm³/mol. The molecule has 36 heavy (non-hydrogen) atoms. The van der Waals surface area contributed by atoms with Gasteiger partial charge in [0.2, 0.25) is 5.91 Å². The molecular weight excluding hydrogens is 569 g/mol. The number of benzene rings is 3. The third-order valence-corrected chi connectivity index (χ3v) is 6.38. The lowest BCUT2D eigenvalue weighted by Crippen LogP contribution is -2.43. The molecule has 0 spiro atoms. The predicted octanol–water partition coefficient (Wildman–Crippen LogP) is 5.54. The molecule has 3 aromatic carbocycles. The van der Waals surface area contributed by atoms with Crippen molar-refractivity contribution in [1.29, 1.82) is 0 Å². The van der Waals surface area contributed by atoms with Gasteiger partial charge in [-0.05, 0) is 82.0 Å². The van der Waals surface area contributed by atoms with Crippen molar-refractivity contribution in [3.05, 3.63) is 91.9 Å². The Labute approximate surface area is 227 Å². The highest BCUT2D eigenvalue weighted by Gasteiger charge is 2.15. The second-order valence-electron chi connectivity index (χ2n) is 7.78. The fraction of sp³-hybridized carbons (Fsp3) is 0.192. The van der Waals surface area contributed by atoms with Crippen molar-refractivity contribution in [3.8, 4) is 11.5 Å². The maximum atomic E-state index is 12.3. The quantitative estimate of drug-likeness (QED) is 0.239. The van der Waals surface area contributed by atoms with Gasteiger partial charge in [-0.25, -0.2) is 5.43 Å². The van der Waals surface area contributed by atoms with Crippen molar-refractivity contribution in [1.82, 2.24) is 10.7 Å². The van der Waals surface area contributed by atoms with Crippen molar-refractivity contribution in [3.63, 3.8) is 0 Å². The molecule has 3 aromatic rings. The Bertz CT molecular complexity index is 1250. The summed E-state index contributed by atoms with van der Waals surface area (Å²) in [6.07, 6.45) is 1.65. The van der Waals surface area contributed by atoms with E-state index in [1.165, 1.54) is 6.21 Å². The van der Waals surface area contributed by atoms with E-state index in [2.05, 4.69) is 31.8 Å².